The van der Waals surface area contributed by atoms with Crippen molar-refractivity contribution in [2.45, 2.75) is 19.1 Å². The minimum Gasteiger partial charge on any atom is -0.365 e. The van der Waals surface area contributed by atoms with Crippen molar-refractivity contribution in [3.8, 4) is 0 Å². The summed E-state index contributed by atoms with van der Waals surface area (Å²) in [6.07, 6.45) is 0.510. The van der Waals surface area contributed by atoms with E-state index in [4.69, 9.17) is 4.74 Å². The van der Waals surface area contributed by atoms with Crippen molar-refractivity contribution in [3.05, 3.63) is 35.6 Å². The molecular formula is C9H9FO. The highest BCUT2D eigenvalue weighted by molar-refractivity contribution is 5.22. The molecule has 0 spiro atoms. The topological polar surface area (TPSA) is 12.5 Å². The van der Waals surface area contributed by atoms with Crippen molar-refractivity contribution in [1.82, 2.24) is 0 Å². The zero-order valence-electron chi connectivity index (χ0n) is 6.25. The van der Waals surface area contributed by atoms with Gasteiger partial charge in [-0.15, -0.1) is 0 Å². The maximum Gasteiger partial charge on any atom is 0.123 e. The van der Waals surface area contributed by atoms with Crippen molar-refractivity contribution >= 4 is 0 Å². The van der Waals surface area contributed by atoms with E-state index in [1.54, 1.807) is 12.1 Å². The molecule has 1 aromatic carbocycles. The third-order valence-electron chi connectivity index (χ3n) is 1.91. The Morgan fingerprint density at radius 2 is 1.82 bits per heavy atom. The van der Waals surface area contributed by atoms with Crippen LogP contribution in [0.1, 0.15) is 18.6 Å². The standard InChI is InChI=1S/C9H9FO/c1-6-9(11-6)7-2-4-8(10)5-3-7/h2-6,9H,1H3/t6-,9-/m0/s1. The van der Waals surface area contributed by atoms with Crippen LogP contribution in [-0.4, -0.2) is 6.10 Å². The monoisotopic (exact) mass is 152 g/mol. The molecule has 0 bridgehead atoms. The third-order valence-corrected chi connectivity index (χ3v) is 1.91. The van der Waals surface area contributed by atoms with E-state index in [1.165, 1.54) is 12.1 Å². The van der Waals surface area contributed by atoms with Gasteiger partial charge in [0, 0.05) is 0 Å². The SMILES string of the molecule is C[C@@H]1O[C@@H]1c1ccc(F)cc1. The van der Waals surface area contributed by atoms with Gasteiger partial charge in [-0.3, -0.25) is 0 Å². The minimum absolute atomic E-state index is 0.193. The summed E-state index contributed by atoms with van der Waals surface area (Å²) < 4.78 is 17.6. The number of ether oxygens (including phenoxy) is 1. The Morgan fingerprint density at radius 3 is 2.27 bits per heavy atom. The smallest absolute Gasteiger partial charge is 0.123 e. The summed E-state index contributed by atoms with van der Waals surface area (Å²) in [6, 6.07) is 6.46. The Balaban J connectivity index is 2.21. The number of halogens is 1. The molecule has 0 radical (unpaired) electrons. The lowest BCUT2D eigenvalue weighted by atomic mass is 10.1. The number of benzene rings is 1. The van der Waals surface area contributed by atoms with Gasteiger partial charge in [-0.25, -0.2) is 4.39 Å². The largest absolute Gasteiger partial charge is 0.365 e. The number of hydrogen-bond acceptors (Lipinski definition) is 1. The second-order valence-corrected chi connectivity index (χ2v) is 2.81. The van der Waals surface area contributed by atoms with Gasteiger partial charge in [0.1, 0.15) is 11.9 Å². The van der Waals surface area contributed by atoms with Crippen molar-refractivity contribution in [2.75, 3.05) is 0 Å². The summed E-state index contributed by atoms with van der Waals surface area (Å²) in [5.74, 6) is -0.193. The van der Waals surface area contributed by atoms with Crippen LogP contribution in [0.15, 0.2) is 24.3 Å². The van der Waals surface area contributed by atoms with Crippen LogP contribution in [0.25, 0.3) is 0 Å². The number of rotatable bonds is 1. The molecule has 11 heavy (non-hydrogen) atoms. The Labute approximate surface area is 64.8 Å². The predicted molar refractivity (Wildman–Crippen MR) is 39.7 cm³/mol. The molecule has 0 N–H and O–H groups in total. The first-order valence-electron chi connectivity index (χ1n) is 3.68. The van der Waals surface area contributed by atoms with Crippen LogP contribution >= 0.6 is 0 Å². The van der Waals surface area contributed by atoms with Crippen LogP contribution in [-0.2, 0) is 4.74 Å². The van der Waals surface area contributed by atoms with Gasteiger partial charge < -0.3 is 4.74 Å². The summed E-state index contributed by atoms with van der Waals surface area (Å²) in [4.78, 5) is 0. The molecule has 1 heterocycles. The average Bonchev–Trinajstić information content (AvgIpc) is 2.69. The normalized spacial score (nSPS) is 28.5. The molecule has 2 atom stereocenters. The fraction of sp³-hybridized carbons (Fsp3) is 0.333. The first-order valence-corrected chi connectivity index (χ1v) is 3.68. The predicted octanol–water partition coefficient (Wildman–Crippen LogP) is 2.29. The summed E-state index contributed by atoms with van der Waals surface area (Å²) in [5.41, 5.74) is 1.07. The lowest BCUT2D eigenvalue weighted by molar-refractivity contribution is 0.383. The van der Waals surface area contributed by atoms with Crippen molar-refractivity contribution in [1.29, 1.82) is 0 Å². The first-order chi connectivity index (χ1) is 5.27. The molecule has 1 aliphatic heterocycles. The van der Waals surface area contributed by atoms with E-state index in [9.17, 15) is 4.39 Å². The molecule has 1 saturated heterocycles. The molecule has 0 unspecified atom stereocenters. The van der Waals surface area contributed by atoms with Gasteiger partial charge in [-0.1, -0.05) is 12.1 Å². The molecule has 0 aromatic heterocycles. The second-order valence-electron chi connectivity index (χ2n) is 2.81. The molecule has 2 rings (SSSR count). The highest BCUT2D eigenvalue weighted by Crippen LogP contribution is 2.37. The van der Waals surface area contributed by atoms with Gasteiger partial charge in [0.15, 0.2) is 0 Å². The maximum atomic E-state index is 12.4. The van der Waals surface area contributed by atoms with Crippen LogP contribution in [0.4, 0.5) is 4.39 Å². The van der Waals surface area contributed by atoms with E-state index < -0.39 is 0 Å². The lowest BCUT2D eigenvalue weighted by Gasteiger charge is -1.93. The fourth-order valence-corrected chi connectivity index (χ4v) is 1.19. The molecule has 1 aliphatic rings. The zero-order valence-corrected chi connectivity index (χ0v) is 6.25. The number of hydrogen-bond donors (Lipinski definition) is 0. The molecule has 2 heteroatoms. The summed E-state index contributed by atoms with van der Waals surface area (Å²) in [6.45, 7) is 2.01. The Kier molecular flexibility index (Phi) is 1.43. The van der Waals surface area contributed by atoms with E-state index in [-0.39, 0.29) is 11.9 Å². The maximum absolute atomic E-state index is 12.4. The lowest BCUT2D eigenvalue weighted by Crippen LogP contribution is -1.83. The molecule has 58 valence electrons. The van der Waals surface area contributed by atoms with E-state index in [2.05, 4.69) is 0 Å². The average molecular weight is 152 g/mol. The minimum atomic E-state index is -0.193. The molecule has 1 nitrogen and oxygen atoms in total. The summed E-state index contributed by atoms with van der Waals surface area (Å²) in [5, 5.41) is 0. The van der Waals surface area contributed by atoms with Gasteiger partial charge in [0.05, 0.1) is 6.10 Å². The van der Waals surface area contributed by atoms with Crippen LogP contribution in [0, 0.1) is 5.82 Å². The van der Waals surface area contributed by atoms with Crippen molar-refractivity contribution in [3.63, 3.8) is 0 Å². The van der Waals surface area contributed by atoms with E-state index in [0.717, 1.165) is 5.56 Å². The first kappa shape index (κ1) is 6.80. The second kappa shape index (κ2) is 2.31. The highest BCUT2D eigenvalue weighted by atomic mass is 19.1. The summed E-state index contributed by atoms with van der Waals surface area (Å²) >= 11 is 0. The zero-order chi connectivity index (χ0) is 7.84. The van der Waals surface area contributed by atoms with Gasteiger partial charge in [-0.05, 0) is 24.6 Å². The summed E-state index contributed by atoms with van der Waals surface area (Å²) in [7, 11) is 0. The Hall–Kier alpha value is -0.890. The van der Waals surface area contributed by atoms with Crippen LogP contribution in [0.3, 0.4) is 0 Å². The van der Waals surface area contributed by atoms with E-state index >= 15 is 0 Å². The number of epoxide rings is 1. The molecule has 0 saturated carbocycles. The molecule has 0 amide bonds. The quantitative estimate of drug-likeness (QED) is 0.562. The van der Waals surface area contributed by atoms with E-state index in [0.29, 0.717) is 6.10 Å². The Morgan fingerprint density at radius 1 is 1.27 bits per heavy atom. The van der Waals surface area contributed by atoms with Crippen molar-refractivity contribution in [2.24, 2.45) is 0 Å². The van der Waals surface area contributed by atoms with Gasteiger partial charge in [-0.2, -0.15) is 0 Å². The molecule has 1 fully saturated rings. The Bertz CT molecular complexity index is 255. The van der Waals surface area contributed by atoms with Gasteiger partial charge in [0.25, 0.3) is 0 Å². The molecule has 0 aliphatic carbocycles. The molecule has 1 aromatic rings. The van der Waals surface area contributed by atoms with Gasteiger partial charge in [0.2, 0.25) is 0 Å². The molecular weight excluding hydrogens is 143 g/mol. The van der Waals surface area contributed by atoms with Gasteiger partial charge >= 0.3 is 0 Å². The van der Waals surface area contributed by atoms with Crippen LogP contribution in [0.2, 0.25) is 0 Å². The van der Waals surface area contributed by atoms with Crippen LogP contribution < -0.4 is 0 Å². The van der Waals surface area contributed by atoms with E-state index in [1.807, 2.05) is 6.92 Å². The van der Waals surface area contributed by atoms with Crippen LogP contribution in [0.5, 0.6) is 0 Å². The highest BCUT2D eigenvalue weighted by Gasteiger charge is 2.35. The van der Waals surface area contributed by atoms with Crippen molar-refractivity contribution < 1.29 is 9.13 Å². The third kappa shape index (κ3) is 1.26. The fourth-order valence-electron chi connectivity index (χ4n) is 1.19.